The molecule has 5 heteroatoms. The molecule has 0 spiro atoms. The number of nitrogens with two attached hydrogens (primary N) is 1. The van der Waals surface area contributed by atoms with Crippen LogP contribution in [0.5, 0.6) is 0 Å². The first kappa shape index (κ1) is 14.2. The van der Waals surface area contributed by atoms with Gasteiger partial charge in [-0.1, -0.05) is 18.2 Å². The van der Waals surface area contributed by atoms with Crippen LogP contribution in [0, 0.1) is 0 Å². The second-order valence-electron chi connectivity index (χ2n) is 4.46. The van der Waals surface area contributed by atoms with E-state index in [0.717, 1.165) is 0 Å². The van der Waals surface area contributed by atoms with E-state index in [-0.39, 0.29) is 12.5 Å². The van der Waals surface area contributed by atoms with Crippen LogP contribution < -0.4 is 11.1 Å². The topological polar surface area (TPSA) is 88.2 Å². The summed E-state index contributed by atoms with van der Waals surface area (Å²) in [6, 6.07) is 10.4. The molecule has 1 aromatic heterocycles. The summed E-state index contributed by atoms with van der Waals surface area (Å²) in [4.78, 5) is 16.2. The molecular weight excluding hydrogens is 254 g/mol. The molecule has 0 saturated heterocycles. The molecule has 0 radical (unpaired) electrons. The largest absolute Gasteiger partial charge is 0.389 e. The molecule has 1 heterocycles. The van der Waals surface area contributed by atoms with E-state index >= 15 is 0 Å². The van der Waals surface area contributed by atoms with Crippen molar-refractivity contribution in [3.8, 4) is 0 Å². The lowest BCUT2D eigenvalue weighted by Crippen LogP contribution is -2.15. The molecule has 0 saturated carbocycles. The third kappa shape index (κ3) is 3.20. The number of nitrogens with one attached hydrogen (secondary N) is 1. The van der Waals surface area contributed by atoms with E-state index in [2.05, 4.69) is 10.3 Å². The Balaban J connectivity index is 2.23. The van der Waals surface area contributed by atoms with Gasteiger partial charge in [-0.15, -0.1) is 0 Å². The number of pyridine rings is 1. The average molecular weight is 271 g/mol. The van der Waals surface area contributed by atoms with Crippen molar-refractivity contribution in [2.75, 3.05) is 5.32 Å². The molecule has 0 fully saturated rings. The van der Waals surface area contributed by atoms with E-state index < -0.39 is 6.10 Å². The van der Waals surface area contributed by atoms with E-state index in [4.69, 9.17) is 5.73 Å². The van der Waals surface area contributed by atoms with Gasteiger partial charge in [0.25, 0.3) is 5.91 Å². The number of benzene rings is 1. The van der Waals surface area contributed by atoms with Crippen LogP contribution in [0.1, 0.15) is 34.6 Å². The number of hydrogen-bond donors (Lipinski definition) is 3. The SMILES string of the molecule is CC(O)c1ccccc1NC(=O)c1ccnc(CN)c1. The zero-order chi connectivity index (χ0) is 14.5. The maximum absolute atomic E-state index is 12.2. The Morgan fingerprint density at radius 1 is 1.40 bits per heavy atom. The van der Waals surface area contributed by atoms with E-state index in [0.29, 0.717) is 22.5 Å². The van der Waals surface area contributed by atoms with E-state index in [9.17, 15) is 9.90 Å². The third-order valence-electron chi connectivity index (χ3n) is 2.95. The summed E-state index contributed by atoms with van der Waals surface area (Å²) in [5.74, 6) is -0.254. The summed E-state index contributed by atoms with van der Waals surface area (Å²) in [6.07, 6.45) is 0.904. The molecule has 0 bridgehead atoms. The minimum atomic E-state index is -0.649. The molecule has 1 aromatic carbocycles. The molecule has 1 atom stereocenters. The van der Waals surface area contributed by atoms with Crippen LogP contribution in [0.4, 0.5) is 5.69 Å². The van der Waals surface area contributed by atoms with Crippen molar-refractivity contribution in [2.24, 2.45) is 5.73 Å². The Hall–Kier alpha value is -2.24. The van der Waals surface area contributed by atoms with Gasteiger partial charge in [-0.25, -0.2) is 0 Å². The maximum Gasteiger partial charge on any atom is 0.255 e. The number of carbonyl (C=O) groups excluding carboxylic acids is 1. The summed E-state index contributed by atoms with van der Waals surface area (Å²) < 4.78 is 0. The highest BCUT2D eigenvalue weighted by molar-refractivity contribution is 6.04. The van der Waals surface area contributed by atoms with E-state index in [1.54, 1.807) is 43.5 Å². The van der Waals surface area contributed by atoms with Gasteiger partial charge in [-0.05, 0) is 25.1 Å². The molecular formula is C15H17N3O2. The smallest absolute Gasteiger partial charge is 0.255 e. The number of rotatable bonds is 4. The fraction of sp³-hybridized carbons (Fsp3) is 0.200. The fourth-order valence-electron chi connectivity index (χ4n) is 1.90. The van der Waals surface area contributed by atoms with Crippen molar-refractivity contribution in [3.05, 3.63) is 59.4 Å². The Labute approximate surface area is 117 Å². The van der Waals surface area contributed by atoms with Gasteiger partial charge >= 0.3 is 0 Å². The van der Waals surface area contributed by atoms with Crippen molar-refractivity contribution in [1.29, 1.82) is 0 Å². The van der Waals surface area contributed by atoms with Gasteiger partial charge in [-0.2, -0.15) is 0 Å². The van der Waals surface area contributed by atoms with Crippen LogP contribution >= 0.6 is 0 Å². The Bertz CT molecular complexity index is 612. The lowest BCUT2D eigenvalue weighted by Gasteiger charge is -2.13. The van der Waals surface area contributed by atoms with Gasteiger partial charge in [0.05, 0.1) is 11.8 Å². The lowest BCUT2D eigenvalue weighted by molar-refractivity contribution is 0.102. The monoisotopic (exact) mass is 271 g/mol. The molecule has 1 amide bonds. The molecule has 0 aliphatic carbocycles. The minimum Gasteiger partial charge on any atom is -0.389 e. The first-order valence-electron chi connectivity index (χ1n) is 6.35. The fourth-order valence-corrected chi connectivity index (χ4v) is 1.90. The molecule has 20 heavy (non-hydrogen) atoms. The lowest BCUT2D eigenvalue weighted by atomic mass is 10.1. The number of aromatic nitrogens is 1. The van der Waals surface area contributed by atoms with Crippen LogP contribution in [-0.4, -0.2) is 16.0 Å². The van der Waals surface area contributed by atoms with Gasteiger partial charge in [0, 0.05) is 29.6 Å². The summed E-state index contributed by atoms with van der Waals surface area (Å²) in [7, 11) is 0. The number of anilines is 1. The predicted octanol–water partition coefficient (Wildman–Crippen LogP) is 1.85. The number of aliphatic hydroxyl groups excluding tert-OH is 1. The van der Waals surface area contributed by atoms with Gasteiger partial charge in [0.2, 0.25) is 0 Å². The van der Waals surface area contributed by atoms with Gasteiger partial charge < -0.3 is 16.2 Å². The van der Waals surface area contributed by atoms with Crippen LogP contribution in [0.25, 0.3) is 0 Å². The highest BCUT2D eigenvalue weighted by Gasteiger charge is 2.12. The Morgan fingerprint density at radius 2 is 2.15 bits per heavy atom. The Kier molecular flexibility index (Phi) is 4.45. The molecule has 4 N–H and O–H groups in total. The van der Waals surface area contributed by atoms with Gasteiger partial charge in [0.1, 0.15) is 0 Å². The summed E-state index contributed by atoms with van der Waals surface area (Å²) in [5, 5.41) is 12.5. The van der Waals surface area contributed by atoms with Crippen LogP contribution in [-0.2, 0) is 6.54 Å². The van der Waals surface area contributed by atoms with Gasteiger partial charge in [0.15, 0.2) is 0 Å². The number of amides is 1. The van der Waals surface area contributed by atoms with Crippen LogP contribution in [0.2, 0.25) is 0 Å². The summed E-state index contributed by atoms with van der Waals surface area (Å²) >= 11 is 0. The third-order valence-corrected chi connectivity index (χ3v) is 2.95. The number of carbonyl (C=O) groups is 1. The van der Waals surface area contributed by atoms with Crippen LogP contribution in [0.15, 0.2) is 42.6 Å². The average Bonchev–Trinajstić information content (AvgIpc) is 2.47. The highest BCUT2D eigenvalue weighted by Crippen LogP contribution is 2.22. The summed E-state index contributed by atoms with van der Waals surface area (Å²) in [6.45, 7) is 1.94. The second-order valence-corrected chi connectivity index (χ2v) is 4.46. The minimum absolute atomic E-state index is 0.254. The highest BCUT2D eigenvalue weighted by atomic mass is 16.3. The van der Waals surface area contributed by atoms with Gasteiger partial charge in [-0.3, -0.25) is 9.78 Å². The number of hydrogen-bond acceptors (Lipinski definition) is 4. The standard InChI is InChI=1S/C15H17N3O2/c1-10(19)13-4-2-3-5-14(13)18-15(20)11-6-7-17-12(8-11)9-16/h2-8,10,19H,9,16H2,1H3,(H,18,20). The summed E-state index contributed by atoms with van der Waals surface area (Å²) in [5.41, 5.74) is 7.92. The zero-order valence-electron chi connectivity index (χ0n) is 11.2. The first-order valence-corrected chi connectivity index (χ1v) is 6.35. The quantitative estimate of drug-likeness (QED) is 0.791. The van der Waals surface area contributed by atoms with Crippen molar-refractivity contribution in [3.63, 3.8) is 0 Å². The molecule has 1 unspecified atom stereocenters. The number of nitrogens with zero attached hydrogens (tertiary/aromatic N) is 1. The first-order chi connectivity index (χ1) is 9.61. The second kappa shape index (κ2) is 6.27. The Morgan fingerprint density at radius 3 is 2.85 bits per heavy atom. The van der Waals surface area contributed by atoms with Crippen LogP contribution in [0.3, 0.4) is 0 Å². The normalized spacial score (nSPS) is 11.9. The number of para-hydroxylation sites is 1. The van der Waals surface area contributed by atoms with Crippen molar-refractivity contribution >= 4 is 11.6 Å². The van der Waals surface area contributed by atoms with Crippen molar-refractivity contribution in [1.82, 2.24) is 4.98 Å². The van der Waals surface area contributed by atoms with Crippen molar-refractivity contribution in [2.45, 2.75) is 19.6 Å². The zero-order valence-corrected chi connectivity index (χ0v) is 11.2. The van der Waals surface area contributed by atoms with E-state index in [1.807, 2.05) is 6.07 Å². The molecule has 2 aromatic rings. The molecule has 0 aliphatic rings. The molecule has 5 nitrogen and oxygen atoms in total. The number of aliphatic hydroxyl groups is 1. The van der Waals surface area contributed by atoms with Crippen molar-refractivity contribution < 1.29 is 9.90 Å². The molecule has 0 aliphatic heterocycles. The molecule has 104 valence electrons. The predicted molar refractivity (Wildman–Crippen MR) is 77.2 cm³/mol. The van der Waals surface area contributed by atoms with E-state index in [1.165, 1.54) is 0 Å². The maximum atomic E-state index is 12.2. The molecule has 2 rings (SSSR count).